The predicted molar refractivity (Wildman–Crippen MR) is 78.6 cm³/mol. The lowest BCUT2D eigenvalue weighted by molar-refractivity contribution is -0.130. The van der Waals surface area contributed by atoms with Crippen molar-refractivity contribution in [3.63, 3.8) is 0 Å². The molecule has 2 aromatic heterocycles. The Morgan fingerprint density at radius 1 is 1.30 bits per heavy atom. The molecule has 5 heteroatoms. The summed E-state index contributed by atoms with van der Waals surface area (Å²) in [5.74, 6) is 0.965. The van der Waals surface area contributed by atoms with Gasteiger partial charge in [-0.3, -0.25) is 4.79 Å². The summed E-state index contributed by atoms with van der Waals surface area (Å²) in [7, 11) is 0. The average Bonchev–Trinajstić information content (AvgIpc) is 3.05. The summed E-state index contributed by atoms with van der Waals surface area (Å²) in [6.07, 6.45) is 6.77. The van der Waals surface area contributed by atoms with E-state index in [1.54, 1.807) is 6.26 Å². The second kappa shape index (κ2) is 6.22. The summed E-state index contributed by atoms with van der Waals surface area (Å²) in [4.78, 5) is 18.8. The van der Waals surface area contributed by atoms with Crippen molar-refractivity contribution in [3.05, 3.63) is 29.5 Å². The van der Waals surface area contributed by atoms with Gasteiger partial charge < -0.3 is 9.32 Å². The zero-order valence-electron chi connectivity index (χ0n) is 11.4. The van der Waals surface area contributed by atoms with E-state index in [4.69, 9.17) is 4.42 Å². The number of rotatable bonds is 3. The van der Waals surface area contributed by atoms with Gasteiger partial charge in [-0.25, -0.2) is 4.98 Å². The van der Waals surface area contributed by atoms with Crippen LogP contribution < -0.4 is 0 Å². The van der Waals surface area contributed by atoms with Crippen LogP contribution in [0.5, 0.6) is 0 Å². The fraction of sp³-hybridized carbons (Fsp3) is 0.467. The minimum atomic E-state index is 0.197. The first-order valence-corrected chi connectivity index (χ1v) is 7.97. The Labute approximate surface area is 122 Å². The van der Waals surface area contributed by atoms with Gasteiger partial charge in [0.15, 0.2) is 10.8 Å². The molecular weight excluding hydrogens is 272 g/mol. The highest BCUT2D eigenvalue weighted by Crippen LogP contribution is 2.24. The first-order valence-electron chi connectivity index (χ1n) is 7.09. The molecule has 3 rings (SSSR count). The Balaban J connectivity index is 1.64. The van der Waals surface area contributed by atoms with Gasteiger partial charge >= 0.3 is 0 Å². The van der Waals surface area contributed by atoms with Gasteiger partial charge in [0, 0.05) is 18.5 Å². The molecule has 0 bridgehead atoms. The Morgan fingerprint density at radius 3 is 2.80 bits per heavy atom. The highest BCUT2D eigenvalue weighted by atomic mass is 32.1. The normalized spacial score (nSPS) is 16.1. The molecule has 1 amide bonds. The van der Waals surface area contributed by atoms with Crippen LogP contribution in [0.25, 0.3) is 10.8 Å². The number of amides is 1. The van der Waals surface area contributed by atoms with Crippen LogP contribution in [0.3, 0.4) is 0 Å². The third-order valence-corrected chi connectivity index (χ3v) is 4.48. The Kier molecular flexibility index (Phi) is 4.16. The third-order valence-electron chi connectivity index (χ3n) is 3.57. The second-order valence-corrected chi connectivity index (χ2v) is 5.95. The lowest BCUT2D eigenvalue weighted by Gasteiger charge is -2.19. The molecule has 0 saturated carbocycles. The van der Waals surface area contributed by atoms with E-state index in [0.29, 0.717) is 6.42 Å². The molecule has 0 radical (unpaired) electrons. The molecule has 2 aromatic rings. The molecule has 4 nitrogen and oxygen atoms in total. The lowest BCUT2D eigenvalue weighted by atomic mass is 10.2. The first kappa shape index (κ1) is 13.4. The zero-order chi connectivity index (χ0) is 13.8. The Hall–Kier alpha value is -1.62. The highest BCUT2D eigenvalue weighted by molar-refractivity contribution is 7.13. The van der Waals surface area contributed by atoms with E-state index in [-0.39, 0.29) is 5.91 Å². The van der Waals surface area contributed by atoms with E-state index in [1.165, 1.54) is 24.2 Å². The number of nitrogens with zero attached hydrogens (tertiary/aromatic N) is 2. The van der Waals surface area contributed by atoms with Gasteiger partial charge in [0.05, 0.1) is 18.4 Å². The van der Waals surface area contributed by atoms with E-state index >= 15 is 0 Å². The molecular formula is C15H18N2O2S. The summed E-state index contributed by atoms with van der Waals surface area (Å²) < 4.78 is 5.32. The molecule has 0 spiro atoms. The number of likely N-dealkylation sites (tertiary alicyclic amines) is 1. The van der Waals surface area contributed by atoms with Crippen molar-refractivity contribution in [2.24, 2.45) is 0 Å². The number of furan rings is 1. The number of aromatic nitrogens is 1. The van der Waals surface area contributed by atoms with E-state index < -0.39 is 0 Å². The van der Waals surface area contributed by atoms with Crippen LogP contribution >= 0.6 is 11.3 Å². The van der Waals surface area contributed by atoms with Gasteiger partial charge in [0.1, 0.15) is 0 Å². The van der Waals surface area contributed by atoms with Crippen LogP contribution in [0.2, 0.25) is 0 Å². The molecule has 0 unspecified atom stereocenters. The van der Waals surface area contributed by atoms with Gasteiger partial charge in [-0.1, -0.05) is 12.8 Å². The number of hydrogen-bond donors (Lipinski definition) is 0. The molecule has 1 aliphatic rings. The summed E-state index contributed by atoms with van der Waals surface area (Å²) >= 11 is 1.52. The van der Waals surface area contributed by atoms with Crippen molar-refractivity contribution < 1.29 is 9.21 Å². The maximum Gasteiger partial charge on any atom is 0.228 e. The van der Waals surface area contributed by atoms with Crippen molar-refractivity contribution in [3.8, 4) is 10.8 Å². The molecule has 1 saturated heterocycles. The largest absolute Gasteiger partial charge is 0.462 e. The van der Waals surface area contributed by atoms with Gasteiger partial charge in [-0.15, -0.1) is 11.3 Å². The van der Waals surface area contributed by atoms with Gasteiger partial charge in [0.2, 0.25) is 5.91 Å². The molecule has 106 valence electrons. The summed E-state index contributed by atoms with van der Waals surface area (Å²) in [6, 6.07) is 3.73. The fourth-order valence-corrected chi connectivity index (χ4v) is 3.27. The number of carbonyl (C=O) groups is 1. The van der Waals surface area contributed by atoms with Crippen molar-refractivity contribution in [1.29, 1.82) is 0 Å². The van der Waals surface area contributed by atoms with Gasteiger partial charge in [0.25, 0.3) is 0 Å². The minimum absolute atomic E-state index is 0.197. The molecule has 0 aromatic carbocycles. The maximum atomic E-state index is 12.3. The van der Waals surface area contributed by atoms with Crippen molar-refractivity contribution >= 4 is 17.2 Å². The van der Waals surface area contributed by atoms with E-state index in [0.717, 1.165) is 42.4 Å². The van der Waals surface area contributed by atoms with Crippen LogP contribution in [0, 0.1) is 0 Å². The minimum Gasteiger partial charge on any atom is -0.462 e. The van der Waals surface area contributed by atoms with Crippen LogP contribution in [-0.4, -0.2) is 28.9 Å². The molecule has 1 fully saturated rings. The number of carbonyl (C=O) groups excluding carboxylic acids is 1. The Bertz CT molecular complexity index is 554. The molecule has 0 atom stereocenters. The zero-order valence-corrected chi connectivity index (χ0v) is 12.2. The number of thiazole rings is 1. The van der Waals surface area contributed by atoms with Crippen LogP contribution in [0.4, 0.5) is 0 Å². The number of hydrogen-bond acceptors (Lipinski definition) is 4. The smallest absolute Gasteiger partial charge is 0.228 e. The van der Waals surface area contributed by atoms with Crippen LogP contribution in [0.15, 0.2) is 28.2 Å². The molecule has 0 N–H and O–H groups in total. The van der Waals surface area contributed by atoms with Gasteiger partial charge in [-0.2, -0.15) is 0 Å². The molecule has 1 aliphatic heterocycles. The quantitative estimate of drug-likeness (QED) is 0.871. The molecule has 0 aliphatic carbocycles. The fourth-order valence-electron chi connectivity index (χ4n) is 2.49. The predicted octanol–water partition coefficient (Wildman–Crippen LogP) is 3.35. The summed E-state index contributed by atoms with van der Waals surface area (Å²) in [5, 5.41) is 2.79. The molecule has 3 heterocycles. The maximum absolute atomic E-state index is 12.3. The SMILES string of the molecule is O=C(Cc1csc(-c2ccco2)n1)N1CCCCCC1. The van der Waals surface area contributed by atoms with Crippen LogP contribution in [0.1, 0.15) is 31.4 Å². The molecule has 20 heavy (non-hydrogen) atoms. The van der Waals surface area contributed by atoms with Crippen molar-refractivity contribution in [2.45, 2.75) is 32.1 Å². The summed E-state index contributed by atoms with van der Waals surface area (Å²) in [5.41, 5.74) is 0.843. The third kappa shape index (κ3) is 3.10. The first-order chi connectivity index (χ1) is 9.83. The topological polar surface area (TPSA) is 46.3 Å². The van der Waals surface area contributed by atoms with Gasteiger partial charge in [-0.05, 0) is 25.0 Å². The van der Waals surface area contributed by atoms with Crippen molar-refractivity contribution in [1.82, 2.24) is 9.88 Å². The standard InChI is InChI=1S/C15H18N2O2S/c18-14(17-7-3-1-2-4-8-17)10-12-11-20-15(16-12)13-6-5-9-19-13/h5-6,9,11H,1-4,7-8,10H2. The lowest BCUT2D eigenvalue weighted by Crippen LogP contribution is -2.33. The monoisotopic (exact) mass is 290 g/mol. The Morgan fingerprint density at radius 2 is 2.10 bits per heavy atom. The average molecular weight is 290 g/mol. The van der Waals surface area contributed by atoms with Crippen LogP contribution in [-0.2, 0) is 11.2 Å². The highest BCUT2D eigenvalue weighted by Gasteiger charge is 2.17. The van der Waals surface area contributed by atoms with E-state index in [9.17, 15) is 4.79 Å². The second-order valence-electron chi connectivity index (χ2n) is 5.09. The van der Waals surface area contributed by atoms with Crippen molar-refractivity contribution in [2.75, 3.05) is 13.1 Å². The van der Waals surface area contributed by atoms with E-state index in [1.807, 2.05) is 22.4 Å². The summed E-state index contributed by atoms with van der Waals surface area (Å²) in [6.45, 7) is 1.79. The van der Waals surface area contributed by atoms with E-state index in [2.05, 4.69) is 4.98 Å².